The number of imide groups is 1. The molecule has 0 radical (unpaired) electrons. The van der Waals surface area contributed by atoms with Crippen LogP contribution >= 0.6 is 0 Å². The lowest BCUT2D eigenvalue weighted by Gasteiger charge is -2.23. The minimum absolute atomic E-state index is 0.247. The van der Waals surface area contributed by atoms with E-state index in [1.807, 2.05) is 0 Å². The lowest BCUT2D eigenvalue weighted by atomic mass is 9.91. The molecule has 2 N–H and O–H groups in total. The van der Waals surface area contributed by atoms with Gasteiger partial charge in [0.15, 0.2) is 11.5 Å². The van der Waals surface area contributed by atoms with Crippen LogP contribution in [0.1, 0.15) is 43.1 Å². The van der Waals surface area contributed by atoms with Crippen LogP contribution in [0.3, 0.4) is 0 Å². The number of esters is 1. The Labute approximate surface area is 202 Å². The Kier molecular flexibility index (Phi) is 6.63. The molecule has 0 bridgehead atoms. The summed E-state index contributed by atoms with van der Waals surface area (Å²) in [5.74, 6) is -0.509. The SMILES string of the molecule is CC(C)OC(=O)c1ccc(NC(=O)CN2C(=O)NC(C)(c3ccc4c(c3)OCCCO4)C2=O)cc1. The molecule has 4 rings (SSSR count). The average Bonchev–Trinajstić information content (AvgIpc) is 2.97. The number of anilines is 1. The maximum absolute atomic E-state index is 13.2. The largest absolute Gasteiger partial charge is 0.490 e. The van der Waals surface area contributed by atoms with E-state index in [4.69, 9.17) is 14.2 Å². The fraction of sp³-hybridized carbons (Fsp3) is 0.360. The third-order valence-electron chi connectivity index (χ3n) is 5.65. The number of hydrogen-bond acceptors (Lipinski definition) is 7. The molecular weight excluding hydrogens is 454 g/mol. The summed E-state index contributed by atoms with van der Waals surface area (Å²) < 4.78 is 16.5. The molecule has 1 atom stereocenters. The predicted molar refractivity (Wildman–Crippen MR) is 125 cm³/mol. The van der Waals surface area contributed by atoms with E-state index in [9.17, 15) is 19.2 Å². The predicted octanol–water partition coefficient (Wildman–Crippen LogP) is 2.82. The van der Waals surface area contributed by atoms with Gasteiger partial charge in [-0.25, -0.2) is 9.59 Å². The van der Waals surface area contributed by atoms with Crippen molar-refractivity contribution in [2.45, 2.75) is 38.8 Å². The summed E-state index contributed by atoms with van der Waals surface area (Å²) >= 11 is 0. The van der Waals surface area contributed by atoms with E-state index in [0.29, 0.717) is 41.5 Å². The number of amides is 4. The van der Waals surface area contributed by atoms with E-state index in [1.54, 1.807) is 51.1 Å². The molecule has 0 aliphatic carbocycles. The summed E-state index contributed by atoms with van der Waals surface area (Å²) in [6.07, 6.45) is 0.494. The fourth-order valence-electron chi connectivity index (χ4n) is 3.83. The van der Waals surface area contributed by atoms with Gasteiger partial charge in [-0.3, -0.25) is 14.5 Å². The number of rotatable bonds is 6. The molecule has 1 saturated heterocycles. The van der Waals surface area contributed by atoms with Gasteiger partial charge in [0.1, 0.15) is 12.1 Å². The van der Waals surface area contributed by atoms with Crippen LogP contribution in [0.4, 0.5) is 10.5 Å². The van der Waals surface area contributed by atoms with Crippen molar-refractivity contribution in [3.05, 3.63) is 53.6 Å². The first-order chi connectivity index (χ1) is 16.7. The van der Waals surface area contributed by atoms with Crippen LogP contribution in [0.25, 0.3) is 0 Å². The second kappa shape index (κ2) is 9.65. The van der Waals surface area contributed by atoms with Crippen molar-refractivity contribution >= 4 is 29.5 Å². The molecule has 2 heterocycles. The maximum atomic E-state index is 13.2. The summed E-state index contributed by atoms with van der Waals surface area (Å²) in [5.41, 5.74) is -0.0853. The standard InChI is InChI=1S/C25H27N3O7/c1-15(2)35-22(30)16-5-8-18(9-6-16)26-21(29)14-28-23(31)25(3,27-24(28)32)17-7-10-19-20(13-17)34-12-4-11-33-19/h5-10,13,15H,4,11-12,14H2,1-3H3,(H,26,29)(H,27,32). The van der Waals surface area contributed by atoms with Gasteiger partial charge in [0, 0.05) is 12.1 Å². The van der Waals surface area contributed by atoms with Gasteiger partial charge < -0.3 is 24.8 Å². The molecule has 10 heteroatoms. The zero-order valence-corrected chi connectivity index (χ0v) is 19.8. The normalized spacial score (nSPS) is 19.3. The van der Waals surface area contributed by atoms with Crippen molar-refractivity contribution in [3.63, 3.8) is 0 Å². The van der Waals surface area contributed by atoms with Crippen molar-refractivity contribution in [2.75, 3.05) is 25.1 Å². The molecule has 4 amide bonds. The summed E-state index contributed by atoms with van der Waals surface area (Å²) in [6, 6.07) is 10.5. The lowest BCUT2D eigenvalue weighted by molar-refractivity contribution is -0.133. The van der Waals surface area contributed by atoms with E-state index < -0.39 is 35.9 Å². The quantitative estimate of drug-likeness (QED) is 0.480. The first-order valence-corrected chi connectivity index (χ1v) is 11.3. The smallest absolute Gasteiger partial charge is 0.338 e. The molecule has 1 fully saturated rings. The van der Waals surface area contributed by atoms with Crippen molar-refractivity contribution in [1.82, 2.24) is 10.2 Å². The van der Waals surface area contributed by atoms with E-state index in [1.165, 1.54) is 12.1 Å². The molecule has 35 heavy (non-hydrogen) atoms. The Bertz CT molecular complexity index is 1160. The highest BCUT2D eigenvalue weighted by Crippen LogP contribution is 2.36. The Morgan fingerprint density at radius 1 is 1.09 bits per heavy atom. The van der Waals surface area contributed by atoms with Crippen LogP contribution in [0.5, 0.6) is 11.5 Å². The molecule has 0 aromatic heterocycles. The molecule has 2 aromatic carbocycles. The lowest BCUT2D eigenvalue weighted by Crippen LogP contribution is -2.42. The third-order valence-corrected chi connectivity index (χ3v) is 5.65. The van der Waals surface area contributed by atoms with E-state index in [0.717, 1.165) is 11.3 Å². The van der Waals surface area contributed by atoms with Gasteiger partial charge >= 0.3 is 12.0 Å². The van der Waals surface area contributed by atoms with Crippen LogP contribution in [0.15, 0.2) is 42.5 Å². The second-order valence-electron chi connectivity index (χ2n) is 8.74. The Morgan fingerprint density at radius 3 is 2.46 bits per heavy atom. The van der Waals surface area contributed by atoms with Crippen molar-refractivity contribution in [2.24, 2.45) is 0 Å². The number of fused-ring (bicyclic) bond motifs is 1. The highest BCUT2D eigenvalue weighted by Gasteiger charge is 2.49. The summed E-state index contributed by atoms with van der Waals surface area (Å²) in [4.78, 5) is 51.2. The van der Waals surface area contributed by atoms with Crippen LogP contribution in [-0.4, -0.2) is 54.6 Å². The van der Waals surface area contributed by atoms with Gasteiger partial charge in [0.25, 0.3) is 5.91 Å². The molecule has 184 valence electrons. The minimum atomic E-state index is -1.36. The van der Waals surface area contributed by atoms with Crippen LogP contribution in [-0.2, 0) is 19.9 Å². The van der Waals surface area contributed by atoms with Gasteiger partial charge in [-0.05, 0) is 62.7 Å². The molecule has 2 aliphatic heterocycles. The summed E-state index contributed by atoms with van der Waals surface area (Å²) in [6.45, 7) is 5.64. The fourth-order valence-corrected chi connectivity index (χ4v) is 3.83. The number of nitrogens with one attached hydrogen (secondary N) is 2. The highest BCUT2D eigenvalue weighted by atomic mass is 16.5. The van der Waals surface area contributed by atoms with E-state index >= 15 is 0 Å². The number of carbonyl (C=O) groups excluding carboxylic acids is 4. The number of ether oxygens (including phenoxy) is 3. The summed E-state index contributed by atoms with van der Waals surface area (Å²) in [5, 5.41) is 5.31. The number of carbonyl (C=O) groups is 4. The molecule has 2 aromatic rings. The Morgan fingerprint density at radius 2 is 1.77 bits per heavy atom. The third kappa shape index (κ3) is 5.06. The number of benzene rings is 2. The first-order valence-electron chi connectivity index (χ1n) is 11.3. The van der Waals surface area contributed by atoms with Crippen molar-refractivity contribution in [3.8, 4) is 11.5 Å². The average molecular weight is 482 g/mol. The first kappa shape index (κ1) is 24.1. The number of urea groups is 1. The zero-order valence-electron chi connectivity index (χ0n) is 19.8. The Hall–Kier alpha value is -4.08. The molecule has 10 nitrogen and oxygen atoms in total. The van der Waals surface area contributed by atoms with Crippen LogP contribution in [0, 0.1) is 0 Å². The van der Waals surface area contributed by atoms with Crippen LogP contribution in [0.2, 0.25) is 0 Å². The molecule has 0 saturated carbocycles. The van der Waals surface area contributed by atoms with Crippen molar-refractivity contribution < 1.29 is 33.4 Å². The zero-order chi connectivity index (χ0) is 25.2. The molecule has 1 unspecified atom stereocenters. The van der Waals surface area contributed by atoms with Gasteiger partial charge in [-0.1, -0.05) is 6.07 Å². The maximum Gasteiger partial charge on any atom is 0.338 e. The summed E-state index contributed by atoms with van der Waals surface area (Å²) in [7, 11) is 0. The van der Waals surface area contributed by atoms with Gasteiger partial charge in [0.2, 0.25) is 5.91 Å². The molecule has 0 spiro atoms. The topological polar surface area (TPSA) is 123 Å². The van der Waals surface area contributed by atoms with Gasteiger partial charge in [0.05, 0.1) is 24.9 Å². The van der Waals surface area contributed by atoms with E-state index in [-0.39, 0.29) is 6.10 Å². The molecule has 2 aliphatic rings. The monoisotopic (exact) mass is 481 g/mol. The van der Waals surface area contributed by atoms with Crippen LogP contribution < -0.4 is 20.1 Å². The number of nitrogens with zero attached hydrogens (tertiary/aromatic N) is 1. The van der Waals surface area contributed by atoms with Crippen molar-refractivity contribution in [1.29, 1.82) is 0 Å². The minimum Gasteiger partial charge on any atom is -0.490 e. The van der Waals surface area contributed by atoms with E-state index in [2.05, 4.69) is 10.6 Å². The highest BCUT2D eigenvalue weighted by molar-refractivity contribution is 6.10. The van der Waals surface area contributed by atoms with Gasteiger partial charge in [-0.15, -0.1) is 0 Å². The van der Waals surface area contributed by atoms with Gasteiger partial charge in [-0.2, -0.15) is 0 Å². The molecular formula is C25H27N3O7. The second-order valence-corrected chi connectivity index (χ2v) is 8.74. The Balaban J connectivity index is 1.43. The number of hydrogen-bond donors (Lipinski definition) is 2.